The zero-order chi connectivity index (χ0) is 6.78. The molecule has 0 spiro atoms. The van der Waals surface area contributed by atoms with E-state index in [1.165, 1.54) is 0 Å². The molecule has 0 unspecified atom stereocenters. The summed E-state index contributed by atoms with van der Waals surface area (Å²) in [5.41, 5.74) is 0. The molecule has 0 saturated carbocycles. The zero-order valence-electron chi connectivity index (χ0n) is 3.40. The SMILES string of the molecule is O=C(O)OC(I)(I)I. The summed E-state index contributed by atoms with van der Waals surface area (Å²) in [4.78, 5) is 9.78. The van der Waals surface area contributed by atoms with E-state index in [-0.39, 0.29) is 0 Å². The van der Waals surface area contributed by atoms with E-state index in [0.29, 0.717) is 0 Å². The van der Waals surface area contributed by atoms with Crippen molar-refractivity contribution in [2.45, 2.75) is -0.379 Å². The molecular weight excluding hydrogens is 453 g/mol. The van der Waals surface area contributed by atoms with Crippen LogP contribution in [0.5, 0.6) is 0 Å². The van der Waals surface area contributed by atoms with Crippen LogP contribution in [0.25, 0.3) is 0 Å². The molecule has 0 aliphatic carbocycles. The summed E-state index contributed by atoms with van der Waals surface area (Å²) in [5.74, 6) is 0. The molecule has 0 aromatic heterocycles. The number of carbonyl (C=O) groups is 1. The van der Waals surface area contributed by atoms with Crippen molar-refractivity contribution >= 4 is 73.9 Å². The van der Waals surface area contributed by atoms with Crippen LogP contribution in [0.15, 0.2) is 0 Å². The van der Waals surface area contributed by atoms with Crippen molar-refractivity contribution < 1.29 is 14.6 Å². The van der Waals surface area contributed by atoms with Crippen molar-refractivity contribution in [3.8, 4) is 0 Å². The van der Waals surface area contributed by atoms with Gasteiger partial charge in [0.15, 0.2) is 0 Å². The van der Waals surface area contributed by atoms with E-state index in [0.717, 1.165) is 0 Å². The molecule has 48 valence electrons. The van der Waals surface area contributed by atoms with Gasteiger partial charge in [-0.2, -0.15) is 0 Å². The number of alkyl halides is 3. The number of hydrogen-bond acceptors (Lipinski definition) is 2. The van der Waals surface area contributed by atoms with Gasteiger partial charge in [0.25, 0.3) is -0.379 Å². The van der Waals surface area contributed by atoms with Crippen LogP contribution in [-0.2, 0) is 4.74 Å². The lowest BCUT2D eigenvalue weighted by atomic mass is 11.4. The second-order valence-corrected chi connectivity index (χ2v) is 11.6. The smallest absolute Gasteiger partial charge is 0.450 e. The number of halogens is 3. The summed E-state index contributed by atoms with van der Waals surface area (Å²) < 4.78 is 3.65. The van der Waals surface area contributed by atoms with Gasteiger partial charge in [-0.25, -0.2) is 4.79 Å². The van der Waals surface area contributed by atoms with Gasteiger partial charge in [-0.05, 0) is 67.8 Å². The average Bonchev–Trinajstić information content (AvgIpc) is 1.21. The summed E-state index contributed by atoms with van der Waals surface area (Å²) in [5, 5.41) is 8.01. The minimum atomic E-state index is -1.25. The van der Waals surface area contributed by atoms with Gasteiger partial charge < -0.3 is 9.84 Å². The lowest BCUT2D eigenvalue weighted by Gasteiger charge is -2.08. The van der Waals surface area contributed by atoms with Gasteiger partial charge >= 0.3 is 6.16 Å². The van der Waals surface area contributed by atoms with E-state index < -0.39 is 5.78 Å². The molecule has 8 heavy (non-hydrogen) atoms. The number of ether oxygens (including phenoxy) is 1. The largest absolute Gasteiger partial charge is 0.508 e. The van der Waals surface area contributed by atoms with Crippen molar-refractivity contribution in [2.24, 2.45) is 0 Å². The Morgan fingerprint density at radius 1 is 1.50 bits per heavy atom. The molecule has 0 saturated heterocycles. The highest BCUT2D eigenvalue weighted by atomic mass is 127. The molecule has 3 nitrogen and oxygen atoms in total. The molecule has 0 bridgehead atoms. The van der Waals surface area contributed by atoms with Crippen molar-refractivity contribution in [3.63, 3.8) is 0 Å². The van der Waals surface area contributed by atoms with Gasteiger partial charge in [-0.3, -0.25) is 0 Å². The Morgan fingerprint density at radius 2 is 1.88 bits per heavy atom. The normalized spacial score (nSPS) is 10.9. The van der Waals surface area contributed by atoms with Gasteiger partial charge in [0.05, 0.1) is 0 Å². The molecule has 0 rings (SSSR count). The number of rotatable bonds is 1. The molecule has 6 heteroatoms. The third-order valence-electron chi connectivity index (χ3n) is 0.203. The van der Waals surface area contributed by atoms with Gasteiger partial charge in [0.2, 0.25) is 0 Å². The second-order valence-electron chi connectivity index (χ2n) is 0.814. The lowest BCUT2D eigenvalue weighted by Crippen LogP contribution is -2.10. The Kier molecular flexibility index (Phi) is 4.24. The van der Waals surface area contributed by atoms with E-state index in [1.54, 1.807) is 0 Å². The highest BCUT2D eigenvalue weighted by Crippen LogP contribution is 2.36. The van der Waals surface area contributed by atoms with Crippen LogP contribution in [0.1, 0.15) is 0 Å². The van der Waals surface area contributed by atoms with Crippen LogP contribution in [0.4, 0.5) is 4.79 Å². The summed E-state index contributed by atoms with van der Waals surface area (Å²) in [6.45, 7) is 0. The van der Waals surface area contributed by atoms with Gasteiger partial charge in [0, 0.05) is 0 Å². The predicted molar refractivity (Wildman–Crippen MR) is 53.9 cm³/mol. The molecule has 0 fully saturated rings. The molecule has 0 amide bonds. The molecule has 0 aromatic rings. The molecule has 0 radical (unpaired) electrons. The number of hydrogen-bond donors (Lipinski definition) is 1. The summed E-state index contributed by atoms with van der Waals surface area (Å²) in [6.07, 6.45) is -1.25. The van der Waals surface area contributed by atoms with Crippen LogP contribution < -0.4 is 0 Å². The predicted octanol–water partition coefficient (Wildman–Crippen LogP) is 2.60. The maximum atomic E-state index is 9.78. The van der Waals surface area contributed by atoms with Gasteiger partial charge in [0.1, 0.15) is 0 Å². The van der Waals surface area contributed by atoms with E-state index in [4.69, 9.17) is 5.11 Å². The third-order valence-corrected chi connectivity index (χ3v) is 0.864. The Morgan fingerprint density at radius 3 is 1.88 bits per heavy atom. The van der Waals surface area contributed by atoms with Crippen molar-refractivity contribution in [3.05, 3.63) is 0 Å². The van der Waals surface area contributed by atoms with E-state index in [2.05, 4.69) is 4.74 Å². The van der Waals surface area contributed by atoms with Crippen LogP contribution in [0, 0.1) is 0 Å². The van der Waals surface area contributed by atoms with Crippen molar-refractivity contribution in [1.29, 1.82) is 0 Å². The fourth-order valence-electron chi connectivity index (χ4n) is 0.0990. The first kappa shape index (κ1) is 9.46. The molecule has 0 aliphatic rings. The monoisotopic (exact) mass is 454 g/mol. The first-order chi connectivity index (χ1) is 3.42. The Bertz CT molecular complexity index is 95.2. The Labute approximate surface area is 87.0 Å². The van der Waals surface area contributed by atoms with Crippen molar-refractivity contribution in [2.75, 3.05) is 0 Å². The minimum absolute atomic E-state index is 0.668. The lowest BCUT2D eigenvalue weighted by molar-refractivity contribution is 0.105. The highest BCUT2D eigenvalue weighted by molar-refractivity contribution is 14.3. The molecule has 0 aliphatic heterocycles. The molecular formula is C2HI3O3. The Hall–Kier alpha value is 1.46. The maximum absolute atomic E-state index is 9.78. The highest BCUT2D eigenvalue weighted by Gasteiger charge is 2.21. The van der Waals surface area contributed by atoms with Crippen LogP contribution >= 0.6 is 67.8 Å². The van der Waals surface area contributed by atoms with Gasteiger partial charge in [-0.15, -0.1) is 0 Å². The summed E-state index contributed by atoms with van der Waals surface area (Å²) in [7, 11) is 0. The second kappa shape index (κ2) is 3.58. The average molecular weight is 454 g/mol. The van der Waals surface area contributed by atoms with Crippen LogP contribution in [-0.4, -0.2) is 10.9 Å². The quantitative estimate of drug-likeness (QED) is 0.377. The maximum Gasteiger partial charge on any atom is 0.508 e. The minimum Gasteiger partial charge on any atom is -0.450 e. The standard InChI is InChI=1S/C2HI3O3/c3-2(4,5)8-1(6)7/h(H,6,7). The molecule has 0 atom stereocenters. The first-order valence-electron chi connectivity index (χ1n) is 1.40. The topological polar surface area (TPSA) is 46.5 Å². The third kappa shape index (κ3) is 7.46. The van der Waals surface area contributed by atoms with Gasteiger partial charge in [-0.1, -0.05) is 0 Å². The Balaban J connectivity index is 3.55. The number of carboxylic acid groups (broad SMARTS) is 1. The molecule has 0 heterocycles. The summed E-state index contributed by atoms with van der Waals surface area (Å²) >= 11 is 5.59. The van der Waals surface area contributed by atoms with Crippen LogP contribution in [0.3, 0.4) is 0 Å². The van der Waals surface area contributed by atoms with E-state index in [1.807, 2.05) is 67.8 Å². The molecule has 0 aromatic carbocycles. The fourth-order valence-corrected chi connectivity index (χ4v) is 0.664. The van der Waals surface area contributed by atoms with Crippen LogP contribution in [0.2, 0.25) is 0 Å². The zero-order valence-corrected chi connectivity index (χ0v) is 9.87. The molecule has 1 N–H and O–H groups in total. The van der Waals surface area contributed by atoms with Crippen molar-refractivity contribution in [1.82, 2.24) is 0 Å². The summed E-state index contributed by atoms with van der Waals surface area (Å²) in [6, 6.07) is 0. The van der Waals surface area contributed by atoms with E-state index >= 15 is 0 Å². The van der Waals surface area contributed by atoms with E-state index in [9.17, 15) is 4.79 Å². The fraction of sp³-hybridized carbons (Fsp3) is 0.500. The first-order valence-corrected chi connectivity index (χ1v) is 4.64.